The third kappa shape index (κ3) is 5.85. The van der Waals surface area contributed by atoms with E-state index in [4.69, 9.17) is 9.47 Å². The van der Waals surface area contributed by atoms with E-state index < -0.39 is 0 Å². The van der Waals surface area contributed by atoms with Crippen LogP contribution in [0, 0.1) is 0 Å². The van der Waals surface area contributed by atoms with Crippen molar-refractivity contribution in [3.05, 3.63) is 77.9 Å². The molecule has 6 nitrogen and oxygen atoms in total. The number of unbranched alkanes of at least 4 members (excludes halogenated alkanes) is 1. The van der Waals surface area contributed by atoms with E-state index in [2.05, 4.69) is 29.4 Å². The van der Waals surface area contributed by atoms with Gasteiger partial charge in [-0.2, -0.15) is 0 Å². The maximum Gasteiger partial charge on any atom is 0.251 e. The SMILES string of the molecule is CCCCOc1ccc(C(=O)NCc2ccc(Cn3ccnc3)cc2)cc1OC. The summed E-state index contributed by atoms with van der Waals surface area (Å²) in [5.74, 6) is 1.08. The van der Waals surface area contributed by atoms with Crippen LogP contribution in [0.3, 0.4) is 0 Å². The van der Waals surface area contributed by atoms with Crippen molar-refractivity contribution in [2.24, 2.45) is 0 Å². The third-order valence-corrected chi connectivity index (χ3v) is 4.58. The number of nitrogens with one attached hydrogen (secondary N) is 1. The fourth-order valence-electron chi connectivity index (χ4n) is 2.89. The molecular weight excluding hydrogens is 366 g/mol. The molecule has 152 valence electrons. The monoisotopic (exact) mass is 393 g/mol. The number of hydrogen-bond acceptors (Lipinski definition) is 4. The predicted molar refractivity (Wildman–Crippen MR) is 112 cm³/mol. The minimum Gasteiger partial charge on any atom is -0.493 e. The van der Waals surface area contributed by atoms with Gasteiger partial charge in [-0.3, -0.25) is 4.79 Å². The lowest BCUT2D eigenvalue weighted by atomic mass is 10.1. The quantitative estimate of drug-likeness (QED) is 0.528. The summed E-state index contributed by atoms with van der Waals surface area (Å²) in [6.07, 6.45) is 7.54. The normalized spacial score (nSPS) is 10.6. The Balaban J connectivity index is 1.55. The summed E-state index contributed by atoms with van der Waals surface area (Å²) in [5.41, 5.74) is 2.77. The molecule has 29 heavy (non-hydrogen) atoms. The number of aromatic nitrogens is 2. The Morgan fingerprint density at radius 1 is 1.10 bits per heavy atom. The highest BCUT2D eigenvalue weighted by Crippen LogP contribution is 2.28. The number of imidazole rings is 1. The van der Waals surface area contributed by atoms with Gasteiger partial charge in [0.1, 0.15) is 0 Å². The first-order valence-electron chi connectivity index (χ1n) is 9.82. The number of benzene rings is 2. The maximum atomic E-state index is 12.5. The average Bonchev–Trinajstić information content (AvgIpc) is 3.26. The predicted octanol–water partition coefficient (Wildman–Crippen LogP) is 4.05. The van der Waals surface area contributed by atoms with E-state index in [1.165, 1.54) is 5.56 Å². The van der Waals surface area contributed by atoms with Crippen LogP contribution in [0.2, 0.25) is 0 Å². The molecule has 6 heteroatoms. The Morgan fingerprint density at radius 3 is 2.59 bits per heavy atom. The van der Waals surface area contributed by atoms with Crippen LogP contribution in [-0.2, 0) is 13.1 Å². The summed E-state index contributed by atoms with van der Waals surface area (Å²) < 4.78 is 13.1. The van der Waals surface area contributed by atoms with E-state index in [0.29, 0.717) is 30.2 Å². The van der Waals surface area contributed by atoms with Crippen LogP contribution in [0.1, 0.15) is 41.3 Å². The zero-order valence-electron chi connectivity index (χ0n) is 16.9. The van der Waals surface area contributed by atoms with Gasteiger partial charge in [0.2, 0.25) is 0 Å². The number of hydrogen-bond donors (Lipinski definition) is 1. The van der Waals surface area contributed by atoms with E-state index >= 15 is 0 Å². The number of carbonyl (C=O) groups is 1. The molecule has 1 heterocycles. The van der Waals surface area contributed by atoms with E-state index in [-0.39, 0.29) is 5.91 Å². The first-order chi connectivity index (χ1) is 14.2. The van der Waals surface area contributed by atoms with Crippen LogP contribution in [0.5, 0.6) is 11.5 Å². The molecule has 0 aliphatic rings. The zero-order valence-corrected chi connectivity index (χ0v) is 16.9. The molecule has 2 aromatic carbocycles. The molecule has 3 aromatic rings. The van der Waals surface area contributed by atoms with Crippen molar-refractivity contribution in [1.29, 1.82) is 0 Å². The van der Waals surface area contributed by atoms with Gasteiger partial charge in [-0.15, -0.1) is 0 Å². The summed E-state index contributed by atoms with van der Waals surface area (Å²) in [7, 11) is 1.58. The van der Waals surface area contributed by atoms with Crippen LogP contribution in [-0.4, -0.2) is 29.2 Å². The van der Waals surface area contributed by atoms with Crippen molar-refractivity contribution >= 4 is 5.91 Å². The molecular formula is C23H27N3O3. The molecule has 1 N–H and O–H groups in total. The molecule has 0 radical (unpaired) electrons. The Labute approximate surface area is 171 Å². The topological polar surface area (TPSA) is 65.4 Å². The van der Waals surface area contributed by atoms with Gasteiger partial charge in [0.15, 0.2) is 11.5 Å². The van der Waals surface area contributed by atoms with Gasteiger partial charge in [0.05, 0.1) is 20.0 Å². The molecule has 0 aliphatic carbocycles. The molecule has 0 spiro atoms. The van der Waals surface area contributed by atoms with Crippen LogP contribution < -0.4 is 14.8 Å². The van der Waals surface area contributed by atoms with Gasteiger partial charge in [0.25, 0.3) is 5.91 Å². The zero-order chi connectivity index (χ0) is 20.5. The molecule has 1 aromatic heterocycles. The van der Waals surface area contributed by atoms with E-state index in [1.807, 2.05) is 22.9 Å². The second-order valence-corrected chi connectivity index (χ2v) is 6.80. The summed E-state index contributed by atoms with van der Waals surface area (Å²) in [6.45, 7) is 3.98. The van der Waals surface area contributed by atoms with Gasteiger partial charge in [0, 0.05) is 31.0 Å². The Morgan fingerprint density at radius 2 is 1.90 bits per heavy atom. The van der Waals surface area contributed by atoms with Crippen LogP contribution in [0.4, 0.5) is 0 Å². The van der Waals surface area contributed by atoms with E-state index in [0.717, 1.165) is 24.9 Å². The second-order valence-electron chi connectivity index (χ2n) is 6.80. The van der Waals surface area contributed by atoms with Gasteiger partial charge in [-0.25, -0.2) is 4.98 Å². The van der Waals surface area contributed by atoms with Crippen molar-refractivity contribution in [1.82, 2.24) is 14.9 Å². The summed E-state index contributed by atoms with van der Waals surface area (Å²) in [4.78, 5) is 16.6. The molecule has 0 unspecified atom stereocenters. The fraction of sp³-hybridized carbons (Fsp3) is 0.304. The van der Waals surface area contributed by atoms with E-state index in [9.17, 15) is 4.79 Å². The minimum absolute atomic E-state index is 0.147. The standard InChI is InChI=1S/C23H27N3O3/c1-3-4-13-29-21-10-9-20(14-22(21)28-2)23(27)25-15-18-5-7-19(8-6-18)16-26-12-11-24-17-26/h5-12,14,17H,3-4,13,15-16H2,1-2H3,(H,25,27). The van der Waals surface area contributed by atoms with Crippen molar-refractivity contribution in [2.75, 3.05) is 13.7 Å². The summed E-state index contributed by atoms with van der Waals surface area (Å²) in [5, 5.41) is 2.95. The largest absolute Gasteiger partial charge is 0.493 e. The summed E-state index contributed by atoms with van der Waals surface area (Å²) >= 11 is 0. The number of nitrogens with zero attached hydrogens (tertiary/aromatic N) is 2. The van der Waals surface area contributed by atoms with Crippen LogP contribution >= 0.6 is 0 Å². The Hall–Kier alpha value is -3.28. The highest BCUT2D eigenvalue weighted by molar-refractivity contribution is 5.94. The van der Waals surface area contributed by atoms with Crippen LogP contribution in [0.15, 0.2) is 61.2 Å². The lowest BCUT2D eigenvalue weighted by Crippen LogP contribution is -2.22. The molecule has 0 atom stereocenters. The second kappa shape index (κ2) is 10.3. The number of amides is 1. The lowest BCUT2D eigenvalue weighted by Gasteiger charge is -2.12. The highest BCUT2D eigenvalue weighted by atomic mass is 16.5. The average molecular weight is 393 g/mol. The minimum atomic E-state index is -0.147. The van der Waals surface area contributed by atoms with Gasteiger partial charge in [-0.1, -0.05) is 37.6 Å². The number of rotatable bonds is 10. The first kappa shape index (κ1) is 20.5. The molecule has 3 rings (SSSR count). The number of methoxy groups -OCH3 is 1. The summed E-state index contributed by atoms with van der Waals surface area (Å²) in [6, 6.07) is 13.4. The highest BCUT2D eigenvalue weighted by Gasteiger charge is 2.11. The Bertz CT molecular complexity index is 906. The molecule has 0 aliphatic heterocycles. The molecule has 0 saturated carbocycles. The molecule has 0 bridgehead atoms. The molecule has 0 saturated heterocycles. The first-order valence-corrected chi connectivity index (χ1v) is 9.82. The number of ether oxygens (including phenoxy) is 2. The van der Waals surface area contributed by atoms with E-state index in [1.54, 1.807) is 37.8 Å². The fourth-order valence-corrected chi connectivity index (χ4v) is 2.89. The maximum absolute atomic E-state index is 12.5. The van der Waals surface area contributed by atoms with Crippen molar-refractivity contribution in [3.63, 3.8) is 0 Å². The van der Waals surface area contributed by atoms with Gasteiger partial charge in [-0.05, 0) is 35.7 Å². The van der Waals surface area contributed by atoms with Crippen molar-refractivity contribution in [3.8, 4) is 11.5 Å². The Kier molecular flexibility index (Phi) is 7.28. The van der Waals surface area contributed by atoms with Gasteiger partial charge >= 0.3 is 0 Å². The van der Waals surface area contributed by atoms with Crippen molar-refractivity contribution in [2.45, 2.75) is 32.9 Å². The molecule has 0 fully saturated rings. The van der Waals surface area contributed by atoms with Crippen molar-refractivity contribution < 1.29 is 14.3 Å². The lowest BCUT2D eigenvalue weighted by molar-refractivity contribution is 0.0950. The third-order valence-electron chi connectivity index (χ3n) is 4.58. The smallest absolute Gasteiger partial charge is 0.251 e. The van der Waals surface area contributed by atoms with Gasteiger partial charge < -0.3 is 19.4 Å². The molecule has 1 amide bonds. The number of carbonyl (C=O) groups excluding carboxylic acids is 1. The van der Waals surface area contributed by atoms with Crippen LogP contribution in [0.25, 0.3) is 0 Å².